The van der Waals surface area contributed by atoms with Gasteiger partial charge in [0, 0.05) is 19.5 Å². The van der Waals surface area contributed by atoms with Crippen LogP contribution in [0.5, 0.6) is 0 Å². The minimum absolute atomic E-state index is 0.0655. The topological polar surface area (TPSA) is 37.4 Å². The normalized spacial score (nSPS) is 12.9. The van der Waals surface area contributed by atoms with Gasteiger partial charge in [-0.15, -0.1) is 0 Å². The molecule has 4 aromatic carbocycles. The molecule has 4 aromatic rings. The van der Waals surface area contributed by atoms with E-state index in [0.717, 1.165) is 16.5 Å². The van der Waals surface area contributed by atoms with Gasteiger partial charge in [0.2, 0.25) is 10.0 Å². The molecule has 1 atom stereocenters. The number of likely N-dealkylation sites (N-methyl/N-ethyl adjacent to an activating group) is 1. The van der Waals surface area contributed by atoms with Crippen molar-refractivity contribution < 1.29 is 8.42 Å². The molecular weight excluding hydrogens is 378 g/mol. The van der Waals surface area contributed by atoms with E-state index in [9.17, 15) is 8.42 Å². The molecular formula is C25H23NO2S. The molecule has 4 heteroatoms. The fourth-order valence-corrected chi connectivity index (χ4v) is 4.85. The lowest BCUT2D eigenvalue weighted by molar-refractivity contribution is 0.454. The second kappa shape index (κ2) is 8.19. The van der Waals surface area contributed by atoms with E-state index in [1.165, 1.54) is 9.69 Å². The molecule has 0 spiro atoms. The number of rotatable bonds is 6. The summed E-state index contributed by atoms with van der Waals surface area (Å²) in [7, 11) is -1.91. The van der Waals surface area contributed by atoms with Crippen LogP contribution in [-0.4, -0.2) is 26.3 Å². The first-order valence-corrected chi connectivity index (χ1v) is 11.0. The van der Waals surface area contributed by atoms with Crippen LogP contribution < -0.4 is 0 Å². The lowest BCUT2D eigenvalue weighted by Crippen LogP contribution is -2.31. The summed E-state index contributed by atoms with van der Waals surface area (Å²) in [5.41, 5.74) is 2.20. The van der Waals surface area contributed by atoms with E-state index in [4.69, 9.17) is 0 Å². The molecule has 0 unspecified atom stereocenters. The maximum absolute atomic E-state index is 13.1. The highest BCUT2D eigenvalue weighted by Crippen LogP contribution is 2.29. The van der Waals surface area contributed by atoms with Crippen molar-refractivity contribution in [2.75, 3.05) is 13.6 Å². The average Bonchev–Trinajstić information content (AvgIpc) is 2.78. The quantitative estimate of drug-likeness (QED) is 0.440. The largest absolute Gasteiger partial charge is 0.242 e. The highest BCUT2D eigenvalue weighted by atomic mass is 32.2. The zero-order chi connectivity index (χ0) is 20.3. The summed E-state index contributed by atoms with van der Waals surface area (Å²) in [4.78, 5) is 0.313. The van der Waals surface area contributed by atoms with Crippen molar-refractivity contribution >= 4 is 20.8 Å². The van der Waals surface area contributed by atoms with Crippen molar-refractivity contribution in [2.45, 2.75) is 10.8 Å². The molecule has 4 rings (SSSR count). The van der Waals surface area contributed by atoms with Crippen LogP contribution in [0.1, 0.15) is 17.0 Å². The molecule has 0 saturated heterocycles. The van der Waals surface area contributed by atoms with Gasteiger partial charge in [0.05, 0.1) is 4.90 Å². The molecule has 0 aromatic heterocycles. The van der Waals surface area contributed by atoms with Crippen LogP contribution in [0.25, 0.3) is 10.8 Å². The van der Waals surface area contributed by atoms with E-state index in [2.05, 4.69) is 42.5 Å². The van der Waals surface area contributed by atoms with Gasteiger partial charge in [-0.05, 0) is 34.0 Å². The van der Waals surface area contributed by atoms with Gasteiger partial charge in [-0.3, -0.25) is 0 Å². The lowest BCUT2D eigenvalue weighted by Gasteiger charge is -2.25. The third kappa shape index (κ3) is 4.09. The maximum Gasteiger partial charge on any atom is 0.242 e. The van der Waals surface area contributed by atoms with Gasteiger partial charge >= 0.3 is 0 Å². The summed E-state index contributed by atoms with van der Waals surface area (Å²) in [6.07, 6.45) is 0. The third-order valence-electron chi connectivity index (χ3n) is 5.27. The van der Waals surface area contributed by atoms with Crippen LogP contribution >= 0.6 is 0 Å². The fraction of sp³-hybridized carbons (Fsp3) is 0.120. The summed E-state index contributed by atoms with van der Waals surface area (Å²) in [6, 6.07) is 33.3. The van der Waals surface area contributed by atoms with Crippen molar-refractivity contribution in [3.8, 4) is 0 Å². The first-order valence-electron chi connectivity index (χ1n) is 9.61. The molecule has 0 amide bonds. The Morgan fingerprint density at radius 3 is 1.97 bits per heavy atom. The summed E-state index contributed by atoms with van der Waals surface area (Å²) < 4.78 is 27.6. The number of fused-ring (bicyclic) bond motifs is 1. The van der Waals surface area contributed by atoms with E-state index in [1.807, 2.05) is 36.4 Å². The molecule has 0 bridgehead atoms. The number of hydrogen-bond donors (Lipinski definition) is 0. The summed E-state index contributed by atoms with van der Waals surface area (Å²) >= 11 is 0. The maximum atomic E-state index is 13.1. The van der Waals surface area contributed by atoms with E-state index in [1.54, 1.807) is 31.3 Å². The Morgan fingerprint density at radius 1 is 0.690 bits per heavy atom. The molecule has 0 saturated carbocycles. The third-order valence-corrected chi connectivity index (χ3v) is 7.11. The van der Waals surface area contributed by atoms with E-state index >= 15 is 0 Å². The zero-order valence-corrected chi connectivity index (χ0v) is 17.1. The van der Waals surface area contributed by atoms with E-state index < -0.39 is 10.0 Å². The van der Waals surface area contributed by atoms with Crippen LogP contribution in [0.2, 0.25) is 0 Å². The van der Waals surface area contributed by atoms with Crippen molar-refractivity contribution in [1.82, 2.24) is 4.31 Å². The number of sulfonamides is 1. The summed E-state index contributed by atoms with van der Waals surface area (Å²) in [5.74, 6) is -0.0655. The monoisotopic (exact) mass is 401 g/mol. The van der Waals surface area contributed by atoms with Crippen LogP contribution in [-0.2, 0) is 10.0 Å². The molecule has 29 heavy (non-hydrogen) atoms. The molecule has 0 aliphatic heterocycles. The Balaban J connectivity index is 1.73. The summed E-state index contributed by atoms with van der Waals surface area (Å²) in [5, 5.41) is 2.33. The second-order valence-electron chi connectivity index (χ2n) is 7.17. The van der Waals surface area contributed by atoms with Crippen molar-refractivity contribution in [2.24, 2.45) is 0 Å². The highest BCUT2D eigenvalue weighted by Gasteiger charge is 2.25. The van der Waals surface area contributed by atoms with Gasteiger partial charge < -0.3 is 0 Å². The molecule has 0 aliphatic rings. The Morgan fingerprint density at radius 2 is 1.28 bits per heavy atom. The fourth-order valence-electron chi connectivity index (χ4n) is 3.64. The molecule has 3 nitrogen and oxygen atoms in total. The van der Waals surface area contributed by atoms with Gasteiger partial charge in [0.1, 0.15) is 0 Å². The Kier molecular flexibility index (Phi) is 5.47. The minimum atomic E-state index is -3.56. The standard InChI is InChI=1S/C25H23NO2S/c1-26(29(27,28)24-14-6-3-7-15-24)19-25(21-11-4-2-5-12-21)23-17-16-20-10-8-9-13-22(20)18-23/h2-18,25H,19H2,1H3/t25-/m0/s1. The molecule has 0 radical (unpaired) electrons. The molecule has 146 valence electrons. The zero-order valence-electron chi connectivity index (χ0n) is 16.3. The van der Waals surface area contributed by atoms with Crippen LogP contribution in [0.15, 0.2) is 108 Å². The minimum Gasteiger partial charge on any atom is -0.207 e. The number of nitrogens with zero attached hydrogens (tertiary/aromatic N) is 1. The van der Waals surface area contributed by atoms with Gasteiger partial charge in [0.25, 0.3) is 0 Å². The second-order valence-corrected chi connectivity index (χ2v) is 9.21. The van der Waals surface area contributed by atoms with Crippen molar-refractivity contribution in [1.29, 1.82) is 0 Å². The first-order chi connectivity index (χ1) is 14.1. The van der Waals surface area contributed by atoms with Crippen molar-refractivity contribution in [3.63, 3.8) is 0 Å². The van der Waals surface area contributed by atoms with Gasteiger partial charge in [0.15, 0.2) is 0 Å². The lowest BCUT2D eigenvalue weighted by atomic mass is 9.90. The molecule has 0 N–H and O–H groups in total. The molecule has 0 fully saturated rings. The Hall–Kier alpha value is -2.95. The van der Waals surface area contributed by atoms with E-state index in [-0.39, 0.29) is 5.92 Å². The predicted molar refractivity (Wildman–Crippen MR) is 118 cm³/mol. The van der Waals surface area contributed by atoms with Crippen LogP contribution in [0, 0.1) is 0 Å². The highest BCUT2D eigenvalue weighted by molar-refractivity contribution is 7.89. The van der Waals surface area contributed by atoms with Crippen LogP contribution in [0.3, 0.4) is 0 Å². The van der Waals surface area contributed by atoms with Crippen molar-refractivity contribution in [3.05, 3.63) is 114 Å². The summed E-state index contributed by atoms with van der Waals surface area (Å²) in [6.45, 7) is 0.361. The average molecular weight is 402 g/mol. The SMILES string of the molecule is CN(C[C@@H](c1ccccc1)c1ccc2ccccc2c1)S(=O)(=O)c1ccccc1. The molecule has 0 aliphatic carbocycles. The Labute approximate surface area is 172 Å². The molecule has 0 heterocycles. The van der Waals surface area contributed by atoms with E-state index in [0.29, 0.717) is 11.4 Å². The van der Waals surface area contributed by atoms with Gasteiger partial charge in [-0.25, -0.2) is 8.42 Å². The smallest absolute Gasteiger partial charge is 0.207 e. The van der Waals surface area contributed by atoms with Gasteiger partial charge in [-0.2, -0.15) is 4.31 Å². The Bertz CT molecular complexity index is 1210. The number of hydrogen-bond acceptors (Lipinski definition) is 2. The number of benzene rings is 4. The first kappa shape index (κ1) is 19.4. The van der Waals surface area contributed by atoms with Crippen LogP contribution in [0.4, 0.5) is 0 Å². The van der Waals surface area contributed by atoms with Gasteiger partial charge in [-0.1, -0.05) is 91.0 Å². The predicted octanol–water partition coefficient (Wildman–Crippen LogP) is 5.29.